The predicted molar refractivity (Wildman–Crippen MR) is 84.5 cm³/mol. The molecule has 0 aromatic rings. The topological polar surface area (TPSA) is 69.7 Å². The molecule has 0 unspecified atom stereocenters. The van der Waals surface area contributed by atoms with Crippen LogP contribution in [0.1, 0.15) is 19.3 Å². The first-order chi connectivity index (χ1) is 10.5. The largest absolute Gasteiger partial charge is 0.469 e. The van der Waals surface area contributed by atoms with Gasteiger partial charge < -0.3 is 9.47 Å². The predicted octanol–water partition coefficient (Wildman–Crippen LogP) is 1.74. The lowest BCUT2D eigenvalue weighted by molar-refractivity contribution is -0.157. The average Bonchev–Trinajstić information content (AvgIpc) is 3.02. The normalized spacial score (nSPS) is 36.2. The number of fused-ring (bicyclic) bond motifs is 3. The Morgan fingerprint density at radius 3 is 2.27 bits per heavy atom. The maximum atomic E-state index is 12.5. The Labute approximate surface area is 138 Å². The maximum Gasteiger partial charge on any atom is 0.316 e. The molecule has 0 radical (unpaired) electrons. The van der Waals surface area contributed by atoms with E-state index in [1.54, 1.807) is 0 Å². The minimum atomic E-state index is -0.661. The minimum Gasteiger partial charge on any atom is -0.469 e. The van der Waals surface area contributed by atoms with Gasteiger partial charge in [0.15, 0.2) is 0 Å². The molecule has 5 nitrogen and oxygen atoms in total. The molecule has 0 N–H and O–H groups in total. The van der Waals surface area contributed by atoms with E-state index in [-0.39, 0.29) is 33.6 Å². The van der Waals surface area contributed by atoms with Crippen molar-refractivity contribution in [3.05, 3.63) is 0 Å². The van der Waals surface area contributed by atoms with Crippen molar-refractivity contribution < 1.29 is 23.9 Å². The van der Waals surface area contributed by atoms with E-state index < -0.39 is 11.9 Å². The van der Waals surface area contributed by atoms with Crippen LogP contribution in [0.4, 0.5) is 0 Å². The SMILES string of the molecule is COC(=O)[C@H]1C[C@@H]2C[C@@H](C[C@@H](C(=O)OC)C23SCCS3)C1=O. The summed E-state index contributed by atoms with van der Waals surface area (Å²) in [7, 11) is 2.73. The van der Waals surface area contributed by atoms with E-state index in [4.69, 9.17) is 9.47 Å². The molecular weight excluding hydrogens is 324 g/mol. The van der Waals surface area contributed by atoms with Gasteiger partial charge in [-0.05, 0) is 25.2 Å². The van der Waals surface area contributed by atoms with E-state index in [0.717, 1.165) is 17.9 Å². The molecule has 7 heteroatoms. The van der Waals surface area contributed by atoms with Crippen LogP contribution in [-0.4, -0.2) is 47.5 Å². The van der Waals surface area contributed by atoms with Crippen LogP contribution in [0.25, 0.3) is 0 Å². The lowest BCUT2D eigenvalue weighted by atomic mass is 9.63. The Morgan fingerprint density at radius 1 is 1.05 bits per heavy atom. The van der Waals surface area contributed by atoms with Crippen molar-refractivity contribution in [1.29, 1.82) is 0 Å². The third-order valence-electron chi connectivity index (χ3n) is 5.12. The summed E-state index contributed by atoms with van der Waals surface area (Å²) in [6.45, 7) is 0. The number of ether oxygens (including phenoxy) is 2. The molecule has 1 saturated heterocycles. The van der Waals surface area contributed by atoms with Gasteiger partial charge in [0.05, 0.1) is 24.2 Å². The highest BCUT2D eigenvalue weighted by Gasteiger charge is 2.60. The molecule has 22 heavy (non-hydrogen) atoms. The van der Waals surface area contributed by atoms with Gasteiger partial charge in [-0.25, -0.2) is 0 Å². The van der Waals surface area contributed by atoms with Gasteiger partial charge in [-0.3, -0.25) is 14.4 Å². The van der Waals surface area contributed by atoms with E-state index >= 15 is 0 Å². The summed E-state index contributed by atoms with van der Waals surface area (Å²) in [5.41, 5.74) is 0. The van der Waals surface area contributed by atoms with Crippen LogP contribution in [0.3, 0.4) is 0 Å². The summed E-state index contributed by atoms with van der Waals surface area (Å²) in [6, 6.07) is 0. The number of carbonyl (C=O) groups is 3. The van der Waals surface area contributed by atoms with Gasteiger partial charge in [0, 0.05) is 17.4 Å². The third kappa shape index (κ3) is 2.37. The fourth-order valence-corrected chi connectivity index (χ4v) is 7.94. The van der Waals surface area contributed by atoms with Crippen LogP contribution in [0.5, 0.6) is 0 Å². The van der Waals surface area contributed by atoms with Crippen molar-refractivity contribution in [2.45, 2.75) is 23.3 Å². The lowest BCUT2D eigenvalue weighted by Crippen LogP contribution is -2.54. The first kappa shape index (κ1) is 16.2. The van der Waals surface area contributed by atoms with Crippen molar-refractivity contribution in [3.8, 4) is 0 Å². The molecular formula is C15H20O5S2. The monoisotopic (exact) mass is 344 g/mol. The zero-order valence-electron chi connectivity index (χ0n) is 12.7. The quantitative estimate of drug-likeness (QED) is 0.558. The van der Waals surface area contributed by atoms with Gasteiger partial charge in [0.1, 0.15) is 11.7 Å². The number of rotatable bonds is 2. The van der Waals surface area contributed by atoms with E-state index in [2.05, 4.69) is 0 Å². The fourth-order valence-electron chi connectivity index (χ4n) is 4.15. The summed E-state index contributed by atoms with van der Waals surface area (Å²) in [5.74, 6) is 0.313. The first-order valence-corrected chi connectivity index (χ1v) is 9.48. The van der Waals surface area contributed by atoms with E-state index in [1.807, 2.05) is 23.5 Å². The highest BCUT2D eigenvalue weighted by Crippen LogP contribution is 2.63. The molecule has 2 bridgehead atoms. The molecule has 1 aliphatic heterocycles. The zero-order valence-corrected chi connectivity index (χ0v) is 14.3. The molecule has 1 spiro atoms. The van der Waals surface area contributed by atoms with Crippen LogP contribution in [0.15, 0.2) is 0 Å². The first-order valence-electron chi connectivity index (χ1n) is 7.50. The summed E-state index contributed by atoms with van der Waals surface area (Å²) in [6.07, 6.45) is 1.77. The van der Waals surface area contributed by atoms with Gasteiger partial charge >= 0.3 is 11.9 Å². The molecule has 122 valence electrons. The van der Waals surface area contributed by atoms with Crippen LogP contribution in [-0.2, 0) is 23.9 Å². The number of Topliss-reactive ketones (excluding diaryl/α,β-unsaturated/α-hetero) is 1. The Morgan fingerprint density at radius 2 is 1.68 bits per heavy atom. The number of methoxy groups -OCH3 is 2. The average molecular weight is 344 g/mol. The Kier molecular flexibility index (Phi) is 4.47. The highest BCUT2D eigenvalue weighted by molar-refractivity contribution is 8.21. The van der Waals surface area contributed by atoms with Gasteiger partial charge in [-0.2, -0.15) is 0 Å². The molecule has 3 aliphatic rings. The molecule has 3 rings (SSSR count). The van der Waals surface area contributed by atoms with Crippen LogP contribution < -0.4 is 0 Å². The molecule has 0 amide bonds. The smallest absolute Gasteiger partial charge is 0.316 e. The summed E-state index contributed by atoms with van der Waals surface area (Å²) >= 11 is 3.61. The molecule has 0 aromatic carbocycles. The maximum absolute atomic E-state index is 12.5. The molecule has 3 fully saturated rings. The second-order valence-electron chi connectivity index (χ2n) is 6.07. The van der Waals surface area contributed by atoms with Crippen LogP contribution >= 0.6 is 23.5 Å². The number of thioether (sulfide) groups is 2. The number of esters is 2. The molecule has 4 atom stereocenters. The summed E-state index contributed by atoms with van der Waals surface area (Å²) in [5, 5.41) is 0. The number of ketones is 1. The molecule has 2 aliphatic carbocycles. The fraction of sp³-hybridized carbons (Fsp3) is 0.800. The van der Waals surface area contributed by atoms with Gasteiger partial charge in [-0.15, -0.1) is 23.5 Å². The third-order valence-corrected chi connectivity index (χ3v) is 9.04. The van der Waals surface area contributed by atoms with E-state index in [0.29, 0.717) is 12.8 Å². The highest BCUT2D eigenvalue weighted by atomic mass is 32.2. The van der Waals surface area contributed by atoms with Crippen molar-refractivity contribution >= 4 is 41.2 Å². The Bertz CT molecular complexity index is 500. The standard InChI is InChI=1S/C15H20O5S2/c1-19-13(17)10-7-9-5-8(12(10)16)6-11(14(18)20-2)15(9)21-3-4-22-15/h8-11H,3-7H2,1-2H3/t8-,9-,10-,11-/m0/s1. The zero-order chi connectivity index (χ0) is 15.9. The van der Waals surface area contributed by atoms with Crippen LogP contribution in [0, 0.1) is 23.7 Å². The number of hydrogen-bond acceptors (Lipinski definition) is 7. The summed E-state index contributed by atoms with van der Waals surface area (Å²) < 4.78 is 9.57. The summed E-state index contributed by atoms with van der Waals surface area (Å²) in [4.78, 5) is 36.8. The molecule has 2 saturated carbocycles. The van der Waals surface area contributed by atoms with E-state index in [1.165, 1.54) is 14.2 Å². The van der Waals surface area contributed by atoms with Crippen molar-refractivity contribution in [2.24, 2.45) is 23.7 Å². The second-order valence-corrected chi connectivity index (χ2v) is 9.08. The second kappa shape index (κ2) is 6.07. The van der Waals surface area contributed by atoms with Gasteiger partial charge in [0.2, 0.25) is 0 Å². The lowest BCUT2D eigenvalue weighted by Gasteiger charge is -2.50. The van der Waals surface area contributed by atoms with E-state index in [9.17, 15) is 14.4 Å². The van der Waals surface area contributed by atoms with Crippen molar-refractivity contribution in [2.75, 3.05) is 25.7 Å². The number of hydrogen-bond donors (Lipinski definition) is 0. The van der Waals surface area contributed by atoms with Crippen molar-refractivity contribution in [3.63, 3.8) is 0 Å². The minimum absolute atomic E-state index is 0.0557. The van der Waals surface area contributed by atoms with Gasteiger partial charge in [-0.1, -0.05) is 0 Å². The van der Waals surface area contributed by atoms with Crippen molar-refractivity contribution in [1.82, 2.24) is 0 Å². The van der Waals surface area contributed by atoms with Crippen LogP contribution in [0.2, 0.25) is 0 Å². The number of carbonyl (C=O) groups excluding carboxylic acids is 3. The van der Waals surface area contributed by atoms with Gasteiger partial charge in [0.25, 0.3) is 0 Å². The molecule has 1 heterocycles. The molecule has 0 aromatic heterocycles. The Balaban J connectivity index is 1.93. The Hall–Kier alpha value is -0.690.